The molecule has 13 heteroatoms. The number of hydrogen-bond acceptors (Lipinski definition) is 9. The molecule has 11 nitrogen and oxygen atoms in total. The van der Waals surface area contributed by atoms with Crippen LogP contribution in [0.5, 0.6) is 0 Å². The number of anilines is 4. The Morgan fingerprint density at radius 2 is 0.975 bits per heavy atom. The average molecular weight is 1100 g/mol. The van der Waals surface area contributed by atoms with E-state index in [-0.39, 0.29) is 22.3 Å². The molecule has 6 aromatic carbocycles. The Labute approximate surface area is 476 Å². The first-order valence-corrected chi connectivity index (χ1v) is 28.4. The third-order valence-electron chi connectivity index (χ3n) is 15.7. The lowest BCUT2D eigenvalue weighted by molar-refractivity contribution is -0.157. The van der Waals surface area contributed by atoms with Crippen molar-refractivity contribution in [2.75, 3.05) is 16.0 Å². The molecule has 0 atom stereocenters. The van der Waals surface area contributed by atoms with Crippen LogP contribution < -0.4 is 16.4 Å². The molecule has 0 bridgehead atoms. The van der Waals surface area contributed by atoms with E-state index in [4.69, 9.17) is 48.6 Å². The Kier molecular flexibility index (Phi) is 14.2. The van der Waals surface area contributed by atoms with Crippen LogP contribution in [0.4, 0.5) is 23.0 Å². The van der Waals surface area contributed by atoms with E-state index >= 15 is 0 Å². The summed E-state index contributed by atoms with van der Waals surface area (Å²) in [5.74, 6) is 3.23. The highest BCUT2D eigenvalue weighted by Gasteiger charge is 2.42. The molecule has 80 heavy (non-hydrogen) atoms. The average Bonchev–Trinajstić information content (AvgIpc) is 4.08. The summed E-state index contributed by atoms with van der Waals surface area (Å²) in [7, 11) is 0. The maximum Gasteiger partial charge on any atom is 0.307 e. The van der Waals surface area contributed by atoms with Crippen LogP contribution in [0.1, 0.15) is 76.8 Å². The van der Waals surface area contributed by atoms with Gasteiger partial charge in [0.15, 0.2) is 11.6 Å². The van der Waals surface area contributed by atoms with Gasteiger partial charge in [0.2, 0.25) is 0 Å². The van der Waals surface area contributed by atoms with E-state index in [9.17, 15) is 4.79 Å². The summed E-state index contributed by atoms with van der Waals surface area (Å²) in [6, 6.07) is 62.9. The lowest BCUT2D eigenvalue weighted by atomic mass is 9.62. The molecule has 2 fully saturated rings. The Bertz CT molecular complexity index is 3860. The molecule has 4 aromatic heterocycles. The predicted molar refractivity (Wildman–Crippen MR) is 324 cm³/mol. The van der Waals surface area contributed by atoms with Crippen LogP contribution in [0, 0.1) is 0 Å². The van der Waals surface area contributed by atoms with Crippen LogP contribution >= 0.6 is 23.2 Å². The third kappa shape index (κ3) is 9.95. The molecule has 0 saturated heterocycles. The van der Waals surface area contributed by atoms with Gasteiger partial charge in [-0.05, 0) is 113 Å². The van der Waals surface area contributed by atoms with E-state index < -0.39 is 5.60 Å². The molecule has 0 amide bonds. The molecule has 2 aliphatic heterocycles. The third-order valence-corrected chi connectivity index (χ3v) is 15.7. The van der Waals surface area contributed by atoms with Gasteiger partial charge in [0.05, 0.1) is 57.3 Å². The van der Waals surface area contributed by atoms with Crippen LogP contribution in [0.25, 0.3) is 79.2 Å². The monoisotopic (exact) mass is 1090 g/mol. The maximum absolute atomic E-state index is 12.8. The topological polar surface area (TPSA) is 138 Å². The molecule has 14 rings (SSSR count). The number of nitrogens with zero attached hydrogens (tertiary/aromatic N) is 6. The Hall–Kier alpha value is -8.35. The van der Waals surface area contributed by atoms with E-state index in [1.54, 1.807) is 0 Å². The molecule has 4 aliphatic rings. The zero-order valence-electron chi connectivity index (χ0n) is 45.0. The van der Waals surface area contributed by atoms with E-state index in [1.807, 2.05) is 75.6 Å². The van der Waals surface area contributed by atoms with Crippen molar-refractivity contribution in [1.29, 1.82) is 0 Å². The number of para-hydroxylation sites is 2. The summed E-state index contributed by atoms with van der Waals surface area (Å²) in [4.78, 5) is 32.8. The first kappa shape index (κ1) is 52.4. The van der Waals surface area contributed by atoms with Gasteiger partial charge in [0.1, 0.15) is 17.2 Å². The number of ether oxygens (including phenoxy) is 1. The molecule has 0 unspecified atom stereocenters. The fourth-order valence-corrected chi connectivity index (χ4v) is 11.6. The molecule has 4 N–H and O–H groups in total. The minimum atomic E-state index is -0.485. The van der Waals surface area contributed by atoms with Crippen molar-refractivity contribution >= 4 is 52.2 Å². The Balaban J connectivity index is 0.000000154. The number of alkyl halides is 2. The first-order valence-electron chi connectivity index (χ1n) is 27.3. The number of benzene rings is 6. The Morgan fingerprint density at radius 1 is 0.550 bits per heavy atom. The van der Waals surface area contributed by atoms with Gasteiger partial charge in [-0.1, -0.05) is 140 Å². The summed E-state index contributed by atoms with van der Waals surface area (Å²) in [5.41, 5.74) is 22.3. The lowest BCUT2D eigenvalue weighted by Crippen LogP contribution is -2.43. The number of esters is 1. The van der Waals surface area contributed by atoms with Gasteiger partial charge in [0.25, 0.3) is 0 Å². The minimum Gasteiger partial charge on any atom is -0.460 e. The van der Waals surface area contributed by atoms with Gasteiger partial charge >= 0.3 is 5.97 Å². The quantitative estimate of drug-likeness (QED) is 0.100. The normalized spacial score (nSPS) is 14.6. The van der Waals surface area contributed by atoms with Gasteiger partial charge in [-0.15, -0.1) is 23.2 Å². The van der Waals surface area contributed by atoms with Crippen LogP contribution in [-0.2, 0) is 20.5 Å². The van der Waals surface area contributed by atoms with Gasteiger partial charge in [0, 0.05) is 56.7 Å². The highest BCUT2D eigenvalue weighted by atomic mass is 35.5. The van der Waals surface area contributed by atoms with Crippen LogP contribution in [0.2, 0.25) is 0 Å². The number of fused-ring (bicyclic) bond motifs is 10. The number of aromatic nitrogens is 6. The minimum absolute atomic E-state index is 0.130. The summed E-state index contributed by atoms with van der Waals surface area (Å²) < 4.78 is 10.2. The number of imidazole rings is 2. The second kappa shape index (κ2) is 21.7. The van der Waals surface area contributed by atoms with Gasteiger partial charge in [-0.2, -0.15) is 0 Å². The SMILES string of the molecule is CC(C)(C)OC(=O)CC1(c2ccc(-c3nc4n(c3-c3ccccc3)-c3cccnc3Nc3ccccc3-4)cc2)CCC1.ClCCl.NC1(c2ccc(-c3nc4n(c3-c3ccccc3)-c3cccnc3Nc3ccccc3-4)cc2)CCC1. The van der Waals surface area contributed by atoms with Gasteiger partial charge in [-0.3, -0.25) is 13.9 Å². The van der Waals surface area contributed by atoms with E-state index in [2.05, 4.69) is 164 Å². The van der Waals surface area contributed by atoms with Crippen molar-refractivity contribution in [1.82, 2.24) is 29.1 Å². The standard InChI is InChI=1S/C36H34N4O2.C30H25N5.CH2Cl2/c1-35(2,3)42-30(41)23-36(20-10-21-36)26-18-16-24(17-19-26)31-32(25-11-5-4-6-12-25)40-29-15-9-22-37-33(29)38-28-14-8-7-13-27(28)34(40)39-31;31-30(17-7-18-30)22-15-13-20(14-16-22)26-27(21-8-2-1-3-9-21)35-25-12-6-19-32-28(25)33-24-11-5-4-10-23(24)29(35)34-26;2-1-3/h4-9,11-19,22H,10,20-21,23H2,1-3H3,(H,37,38);1-6,8-16,19H,7,17-18,31H2,(H,32,33);1H2. The number of nitrogens with two attached hydrogens (primary N) is 1. The van der Waals surface area contributed by atoms with Gasteiger partial charge < -0.3 is 21.1 Å². The van der Waals surface area contributed by atoms with Crippen LogP contribution in [0.3, 0.4) is 0 Å². The lowest BCUT2D eigenvalue weighted by Gasteiger charge is -2.42. The van der Waals surface area contributed by atoms with Gasteiger partial charge in [-0.25, -0.2) is 19.9 Å². The van der Waals surface area contributed by atoms with Crippen molar-refractivity contribution < 1.29 is 9.53 Å². The molecule has 400 valence electrons. The number of hydrogen-bond donors (Lipinski definition) is 3. The van der Waals surface area contributed by atoms with Crippen LogP contribution in [-0.4, -0.2) is 46.0 Å². The second-order valence-electron chi connectivity index (χ2n) is 21.9. The first-order chi connectivity index (χ1) is 38.9. The molecule has 10 aromatic rings. The molecule has 2 aliphatic carbocycles. The number of carbonyl (C=O) groups excluding carboxylic acids is 1. The number of carbonyl (C=O) groups is 1. The molecule has 0 radical (unpaired) electrons. The van der Waals surface area contributed by atoms with E-state index in [1.165, 1.54) is 17.5 Å². The highest BCUT2D eigenvalue weighted by Crippen LogP contribution is 2.50. The number of halogens is 2. The molecular weight excluding hydrogens is 1030 g/mol. The molecule has 2 saturated carbocycles. The second-order valence-corrected chi connectivity index (χ2v) is 22.7. The molecule has 0 spiro atoms. The zero-order chi connectivity index (χ0) is 55.0. The zero-order valence-corrected chi connectivity index (χ0v) is 46.5. The smallest absolute Gasteiger partial charge is 0.307 e. The summed E-state index contributed by atoms with van der Waals surface area (Å²) in [5, 5.41) is 7.25. The summed E-state index contributed by atoms with van der Waals surface area (Å²) in [6.45, 7) is 5.77. The van der Waals surface area contributed by atoms with Crippen molar-refractivity contribution in [2.45, 2.75) is 82.3 Å². The summed E-state index contributed by atoms with van der Waals surface area (Å²) in [6.07, 6.45) is 10.4. The fraction of sp³-hybridized carbons (Fsp3) is 0.209. The molecule has 6 heterocycles. The highest BCUT2D eigenvalue weighted by molar-refractivity contribution is 6.40. The number of nitrogens with one attached hydrogen (secondary N) is 2. The fourth-order valence-electron chi connectivity index (χ4n) is 11.6. The van der Waals surface area contributed by atoms with Crippen LogP contribution in [0.15, 0.2) is 194 Å². The Morgan fingerprint density at radius 3 is 1.39 bits per heavy atom. The number of pyridine rings is 2. The predicted octanol–water partition coefficient (Wildman–Crippen LogP) is 16.6. The largest absolute Gasteiger partial charge is 0.460 e. The van der Waals surface area contributed by atoms with Crippen molar-refractivity contribution in [2.24, 2.45) is 5.73 Å². The van der Waals surface area contributed by atoms with E-state index in [0.29, 0.717) is 6.42 Å². The van der Waals surface area contributed by atoms with Crippen molar-refractivity contribution in [3.05, 3.63) is 206 Å². The number of rotatable bonds is 8. The van der Waals surface area contributed by atoms with Crippen molar-refractivity contribution in [3.63, 3.8) is 0 Å². The van der Waals surface area contributed by atoms with Crippen molar-refractivity contribution in [3.8, 4) is 79.2 Å². The van der Waals surface area contributed by atoms with E-state index in [0.717, 1.165) is 134 Å². The summed E-state index contributed by atoms with van der Waals surface area (Å²) >= 11 is 9.53. The molecular formula is C67H61Cl2N9O2. The maximum atomic E-state index is 12.8.